The highest BCUT2D eigenvalue weighted by Crippen LogP contribution is 2.82. The third kappa shape index (κ3) is 8.71. The van der Waals surface area contributed by atoms with Crippen molar-refractivity contribution < 1.29 is 0 Å². The molecule has 0 saturated heterocycles. The molecule has 0 atom stereocenters. The fourth-order valence-corrected chi connectivity index (χ4v) is 18.5. The number of unbranched alkanes of at least 4 members (excludes halogenated alkanes) is 10. The summed E-state index contributed by atoms with van der Waals surface area (Å²) in [6.07, 6.45) is 23.0. The first kappa shape index (κ1) is 49.7. The van der Waals surface area contributed by atoms with E-state index in [2.05, 4.69) is 219 Å². The van der Waals surface area contributed by atoms with Gasteiger partial charge in [0, 0.05) is 36.4 Å². The first-order valence-corrected chi connectivity index (χ1v) is 31.3. The van der Waals surface area contributed by atoms with Crippen molar-refractivity contribution in [1.82, 2.24) is 0 Å². The van der Waals surface area contributed by atoms with E-state index in [1.54, 1.807) is 11.1 Å². The molecule has 9 aromatic rings. The summed E-state index contributed by atoms with van der Waals surface area (Å²) in [6.45, 7) is 4.66. The largest absolute Gasteiger partial charge is 0.309 e. The van der Waals surface area contributed by atoms with Crippen molar-refractivity contribution in [2.75, 3.05) is 4.90 Å². The number of hydrogen-bond donors (Lipinski definition) is 0. The molecular weight excluding hydrogens is 947 g/mol. The molecule has 9 aromatic carbocycles. The van der Waals surface area contributed by atoms with Gasteiger partial charge in [0.1, 0.15) is 0 Å². The number of fused-ring (bicyclic) bond motifs is 8. The van der Waals surface area contributed by atoms with Crippen molar-refractivity contribution in [3.05, 3.63) is 234 Å². The predicted octanol–water partition coefficient (Wildman–Crippen LogP) is 21.8. The van der Waals surface area contributed by atoms with Crippen molar-refractivity contribution in [3.63, 3.8) is 0 Å². The Hall–Kier alpha value is -6.87. The van der Waals surface area contributed by atoms with Gasteiger partial charge in [-0.15, -0.1) is 10.0 Å². The van der Waals surface area contributed by atoms with Crippen LogP contribution in [0.15, 0.2) is 220 Å². The molecule has 3 aliphatic carbocycles. The lowest BCUT2D eigenvalue weighted by Crippen LogP contribution is -2.25. The van der Waals surface area contributed by atoms with Crippen molar-refractivity contribution in [2.24, 2.45) is 0 Å². The summed E-state index contributed by atoms with van der Waals surface area (Å²) in [4.78, 5) is 8.40. The third-order valence-corrected chi connectivity index (χ3v) is 22.3. The van der Waals surface area contributed by atoms with Gasteiger partial charge in [-0.2, -0.15) is 0 Å². The van der Waals surface area contributed by atoms with E-state index in [-0.39, 0.29) is 5.41 Å². The summed E-state index contributed by atoms with van der Waals surface area (Å²) in [7, 11) is -1.96. The Kier molecular flexibility index (Phi) is 13.9. The summed E-state index contributed by atoms with van der Waals surface area (Å²) in [6, 6.07) is 78.5. The van der Waals surface area contributed by atoms with Crippen molar-refractivity contribution >= 4 is 27.1 Å². The highest BCUT2D eigenvalue weighted by atomic mass is 32.3. The highest BCUT2D eigenvalue weighted by Gasteiger charge is 2.46. The van der Waals surface area contributed by atoms with Gasteiger partial charge in [-0.1, -0.05) is 230 Å². The minimum absolute atomic E-state index is 0.0413. The number of anilines is 3. The highest BCUT2D eigenvalue weighted by molar-refractivity contribution is 8.34. The molecule has 13 rings (SSSR count). The molecule has 1 nitrogen and oxygen atoms in total. The maximum Gasteiger partial charge on any atom is 0.0598 e. The van der Waals surface area contributed by atoms with Crippen LogP contribution in [0.3, 0.4) is 0 Å². The second-order valence-corrected chi connectivity index (χ2v) is 25.8. The number of hydrogen-bond acceptors (Lipinski definition) is 1. The number of benzene rings is 9. The molecule has 1 heterocycles. The Morgan fingerprint density at radius 3 is 1.48 bits per heavy atom. The number of aryl methyl sites for hydroxylation is 4. The molecule has 0 saturated carbocycles. The van der Waals surface area contributed by atoms with Gasteiger partial charge in [-0.05, 0) is 177 Å². The van der Waals surface area contributed by atoms with Crippen LogP contribution in [0.4, 0.5) is 17.1 Å². The predicted molar refractivity (Wildman–Crippen MR) is 328 cm³/mol. The van der Waals surface area contributed by atoms with Crippen molar-refractivity contribution in [2.45, 2.75) is 154 Å². The minimum Gasteiger partial charge on any atom is -0.309 e. The zero-order chi connectivity index (χ0) is 51.8. The maximum atomic E-state index is 2.61. The molecule has 4 aliphatic rings. The molecular formula is C75H75NS. The van der Waals surface area contributed by atoms with Gasteiger partial charge in [0.2, 0.25) is 0 Å². The van der Waals surface area contributed by atoms with Gasteiger partial charge in [0.05, 0.1) is 5.69 Å². The zero-order valence-corrected chi connectivity index (χ0v) is 46.5. The lowest BCUT2D eigenvalue weighted by atomic mass is 9.70. The summed E-state index contributed by atoms with van der Waals surface area (Å²) in [5, 5.41) is 0. The summed E-state index contributed by atoms with van der Waals surface area (Å²) >= 11 is 0. The van der Waals surface area contributed by atoms with Gasteiger partial charge < -0.3 is 4.90 Å². The van der Waals surface area contributed by atoms with Gasteiger partial charge in [-0.25, -0.2) is 0 Å². The van der Waals surface area contributed by atoms with Gasteiger partial charge in [0.15, 0.2) is 0 Å². The normalized spacial score (nSPS) is 15.0. The van der Waals surface area contributed by atoms with Gasteiger partial charge >= 0.3 is 0 Å². The number of nitrogens with zero attached hydrogens (tertiary/aromatic N) is 1. The molecule has 0 amide bonds. The lowest BCUT2D eigenvalue weighted by Gasteiger charge is -2.43. The monoisotopic (exact) mass is 1020 g/mol. The first-order chi connectivity index (χ1) is 38.1. The summed E-state index contributed by atoms with van der Waals surface area (Å²) in [5.74, 6) is 0. The number of rotatable bonds is 21. The van der Waals surface area contributed by atoms with E-state index in [4.69, 9.17) is 0 Å². The minimum atomic E-state index is -1.96. The van der Waals surface area contributed by atoms with E-state index in [9.17, 15) is 0 Å². The Balaban J connectivity index is 0.959. The van der Waals surface area contributed by atoms with Crippen LogP contribution in [-0.2, 0) is 31.1 Å². The van der Waals surface area contributed by atoms with Crippen LogP contribution >= 0.6 is 10.0 Å². The van der Waals surface area contributed by atoms with Crippen LogP contribution in [-0.4, -0.2) is 0 Å². The van der Waals surface area contributed by atoms with Crippen LogP contribution in [0.5, 0.6) is 0 Å². The van der Waals surface area contributed by atoms with E-state index in [1.165, 1.54) is 200 Å². The van der Waals surface area contributed by atoms with Crippen LogP contribution in [0, 0.1) is 0 Å². The van der Waals surface area contributed by atoms with Crippen LogP contribution < -0.4 is 4.90 Å². The average molecular weight is 1020 g/mol. The molecule has 0 N–H and O–H groups in total. The van der Waals surface area contributed by atoms with E-state index in [0.717, 1.165) is 18.5 Å². The molecule has 0 radical (unpaired) electrons. The fourth-order valence-electron chi connectivity index (χ4n) is 14.1. The van der Waals surface area contributed by atoms with E-state index >= 15 is 0 Å². The van der Waals surface area contributed by atoms with Gasteiger partial charge in [-0.3, -0.25) is 0 Å². The Morgan fingerprint density at radius 2 is 0.870 bits per heavy atom. The second kappa shape index (κ2) is 21.5. The molecule has 2 heteroatoms. The Labute approximate surface area is 461 Å². The van der Waals surface area contributed by atoms with E-state index in [0.29, 0.717) is 0 Å². The average Bonchev–Trinajstić information content (AvgIpc) is 4.09. The SMILES string of the molecule is CCCCCCCCC1(CCCCCCCC)c2ccccc2-c2c(-c3ccc(N(c4ccc(-c5ccccc5)cc4)c4cccc5c4S(c4ccc6c(c4)CC6)(c4ccc6c(c4)CC6)c4ccccc4-5)cc3)cccc21. The molecule has 386 valence electrons. The first-order valence-electron chi connectivity index (χ1n) is 29.7. The summed E-state index contributed by atoms with van der Waals surface area (Å²) in [5.41, 5.74) is 23.5. The van der Waals surface area contributed by atoms with Crippen LogP contribution in [0.2, 0.25) is 0 Å². The smallest absolute Gasteiger partial charge is 0.0598 e. The molecule has 0 fully saturated rings. The van der Waals surface area contributed by atoms with Crippen LogP contribution in [0.1, 0.15) is 137 Å². The van der Waals surface area contributed by atoms with E-state index < -0.39 is 10.0 Å². The molecule has 0 spiro atoms. The Morgan fingerprint density at radius 1 is 0.377 bits per heavy atom. The molecule has 0 unspecified atom stereocenters. The molecule has 0 bridgehead atoms. The van der Waals surface area contributed by atoms with Crippen LogP contribution in [0.25, 0.3) is 44.5 Å². The second-order valence-electron chi connectivity index (χ2n) is 22.8. The Bertz CT molecular complexity index is 3490. The molecule has 0 aromatic heterocycles. The molecule has 1 aliphatic heterocycles. The summed E-state index contributed by atoms with van der Waals surface area (Å²) < 4.78 is 0. The fraction of sp³-hybridized carbons (Fsp3) is 0.280. The quantitative estimate of drug-likeness (QED) is 0.0649. The zero-order valence-electron chi connectivity index (χ0n) is 45.6. The van der Waals surface area contributed by atoms with Crippen molar-refractivity contribution in [1.29, 1.82) is 0 Å². The third-order valence-electron chi connectivity index (χ3n) is 18.3. The standard InChI is InChI=1S/C75H75NS/c1-3-5-7-9-11-20-50-75(51-21-12-10-8-6-4-2)69-30-18-16-27-68(69)73-65(28-22-31-70(73)75)58-40-46-62(47-41-58)76(61-44-38-55(39-45-61)54-24-14-13-15-25-54)71-32-23-29-67-66-26-17-19-33-72(66)77(74(67)71,63-48-42-56-34-36-59(56)52-63)64-49-43-57-35-37-60(57)53-64/h13-19,22-33,38-49,52-53H,3-12,20-21,34-37,50-51H2,1-2H3. The molecule has 77 heavy (non-hydrogen) atoms. The van der Waals surface area contributed by atoms with Gasteiger partial charge in [0.25, 0.3) is 0 Å². The van der Waals surface area contributed by atoms with E-state index in [1.807, 2.05) is 0 Å². The maximum absolute atomic E-state index is 2.61. The van der Waals surface area contributed by atoms with Crippen molar-refractivity contribution in [3.8, 4) is 44.5 Å². The lowest BCUT2D eigenvalue weighted by molar-refractivity contribution is 0.398. The topological polar surface area (TPSA) is 3.24 Å².